The molecule has 118 valence electrons. The molecular formula is C17H25BrO3. The van der Waals surface area contributed by atoms with Crippen LogP contribution in [0.15, 0.2) is 21.4 Å². The van der Waals surface area contributed by atoms with Crippen molar-refractivity contribution < 1.29 is 14.3 Å². The minimum Gasteiger partial charge on any atom is -0.491 e. The molecule has 0 aromatic heterocycles. The predicted molar refractivity (Wildman–Crippen MR) is 88.3 cm³/mol. The number of hydrogen-bond donors (Lipinski definition) is 0. The van der Waals surface area contributed by atoms with E-state index in [-0.39, 0.29) is 21.8 Å². The average Bonchev–Trinajstić information content (AvgIpc) is 2.48. The molecule has 4 heteroatoms. The van der Waals surface area contributed by atoms with Crippen LogP contribution < -0.4 is 0 Å². The molecule has 0 aliphatic heterocycles. The molecule has 0 heterocycles. The fraction of sp³-hybridized carbons (Fsp3) is 0.647. The Bertz CT molecular complexity index is 461. The van der Waals surface area contributed by atoms with Crippen LogP contribution in [0.3, 0.4) is 0 Å². The standard InChI is InChI=1S/C17H25BrO3/c1-4-5-6-7-8-9-10-11-13-12(2)15(19)14(18)17(21-3)16(13)20/h4-11H2,1-3H3. The van der Waals surface area contributed by atoms with Crippen molar-refractivity contribution in [2.45, 2.75) is 65.2 Å². The third-order valence-corrected chi connectivity index (χ3v) is 4.63. The van der Waals surface area contributed by atoms with Gasteiger partial charge >= 0.3 is 0 Å². The van der Waals surface area contributed by atoms with E-state index in [1.807, 2.05) is 0 Å². The number of carbonyl (C=O) groups excluding carboxylic acids is 2. The van der Waals surface area contributed by atoms with Gasteiger partial charge in [0, 0.05) is 11.1 Å². The molecule has 21 heavy (non-hydrogen) atoms. The van der Waals surface area contributed by atoms with E-state index in [4.69, 9.17) is 4.74 Å². The van der Waals surface area contributed by atoms with Crippen molar-refractivity contribution in [1.29, 1.82) is 0 Å². The molecule has 0 bridgehead atoms. The molecule has 0 aromatic carbocycles. The van der Waals surface area contributed by atoms with Gasteiger partial charge < -0.3 is 4.74 Å². The Balaban J connectivity index is 2.51. The Morgan fingerprint density at radius 3 is 2.10 bits per heavy atom. The first-order valence-corrected chi connectivity index (χ1v) is 8.56. The number of ether oxygens (including phenoxy) is 1. The van der Waals surface area contributed by atoms with Crippen molar-refractivity contribution in [1.82, 2.24) is 0 Å². The van der Waals surface area contributed by atoms with Crippen LogP contribution in [0.4, 0.5) is 0 Å². The van der Waals surface area contributed by atoms with E-state index in [0.29, 0.717) is 17.6 Å². The monoisotopic (exact) mass is 356 g/mol. The second kappa shape index (κ2) is 9.19. The first kappa shape index (κ1) is 18.1. The lowest BCUT2D eigenvalue weighted by molar-refractivity contribution is -0.118. The fourth-order valence-electron chi connectivity index (χ4n) is 2.55. The highest BCUT2D eigenvalue weighted by Crippen LogP contribution is 2.31. The highest BCUT2D eigenvalue weighted by molar-refractivity contribution is 9.12. The average molecular weight is 357 g/mol. The molecule has 0 amide bonds. The van der Waals surface area contributed by atoms with Crippen LogP contribution in [0, 0.1) is 0 Å². The van der Waals surface area contributed by atoms with Crippen LogP contribution in [0.2, 0.25) is 0 Å². The van der Waals surface area contributed by atoms with Crippen LogP contribution in [-0.2, 0) is 14.3 Å². The van der Waals surface area contributed by atoms with Crippen LogP contribution in [0.25, 0.3) is 0 Å². The van der Waals surface area contributed by atoms with Crippen LogP contribution in [0.1, 0.15) is 65.2 Å². The van der Waals surface area contributed by atoms with Crippen LogP contribution in [0.5, 0.6) is 0 Å². The number of unbranched alkanes of at least 4 members (excludes halogenated alkanes) is 6. The van der Waals surface area contributed by atoms with Gasteiger partial charge in [-0.05, 0) is 35.7 Å². The van der Waals surface area contributed by atoms with E-state index in [0.717, 1.165) is 12.8 Å². The molecule has 0 saturated carbocycles. The van der Waals surface area contributed by atoms with E-state index < -0.39 is 0 Å². The van der Waals surface area contributed by atoms with Crippen molar-refractivity contribution >= 4 is 27.5 Å². The summed E-state index contributed by atoms with van der Waals surface area (Å²) in [6.07, 6.45) is 9.02. The molecule has 0 unspecified atom stereocenters. The Morgan fingerprint density at radius 1 is 0.952 bits per heavy atom. The summed E-state index contributed by atoms with van der Waals surface area (Å²) >= 11 is 3.16. The van der Waals surface area contributed by atoms with Gasteiger partial charge in [-0.2, -0.15) is 0 Å². The molecule has 0 spiro atoms. The minimum atomic E-state index is -0.146. The summed E-state index contributed by atoms with van der Waals surface area (Å²) in [7, 11) is 1.42. The van der Waals surface area contributed by atoms with Gasteiger partial charge in [-0.1, -0.05) is 45.4 Å². The molecule has 0 saturated heterocycles. The molecule has 0 atom stereocenters. The number of hydrogen-bond acceptors (Lipinski definition) is 3. The number of ketones is 2. The van der Waals surface area contributed by atoms with Gasteiger partial charge in [0.05, 0.1) is 7.11 Å². The maximum absolute atomic E-state index is 12.3. The number of Topliss-reactive ketones (excluding diaryl/α,β-unsaturated/α-hetero) is 2. The summed E-state index contributed by atoms with van der Waals surface area (Å²) in [5.41, 5.74) is 1.17. The highest BCUT2D eigenvalue weighted by Gasteiger charge is 2.31. The summed E-state index contributed by atoms with van der Waals surface area (Å²) in [5, 5.41) is 0. The number of halogens is 1. The van der Waals surface area contributed by atoms with Gasteiger partial charge in [0.2, 0.25) is 5.78 Å². The Morgan fingerprint density at radius 2 is 1.52 bits per heavy atom. The zero-order valence-corrected chi connectivity index (χ0v) is 14.8. The van der Waals surface area contributed by atoms with Gasteiger partial charge in [-0.25, -0.2) is 0 Å². The highest BCUT2D eigenvalue weighted by atomic mass is 79.9. The summed E-state index contributed by atoms with van der Waals surface area (Å²) in [6.45, 7) is 3.94. The third-order valence-electron chi connectivity index (χ3n) is 3.91. The quantitative estimate of drug-likeness (QED) is 0.438. The Kier molecular flexibility index (Phi) is 7.94. The Labute approximate surface area is 135 Å². The SMILES string of the molecule is CCCCCCCCCC1=C(C)C(=O)C(Br)=C(OC)C1=O. The lowest BCUT2D eigenvalue weighted by Gasteiger charge is -2.18. The van der Waals surface area contributed by atoms with Gasteiger partial charge in [0.1, 0.15) is 4.48 Å². The van der Waals surface area contributed by atoms with Crippen molar-refractivity contribution in [3.63, 3.8) is 0 Å². The summed E-state index contributed by atoms with van der Waals surface area (Å²) in [6, 6.07) is 0. The van der Waals surface area contributed by atoms with Crippen LogP contribution >= 0.6 is 15.9 Å². The van der Waals surface area contributed by atoms with Crippen molar-refractivity contribution in [2.75, 3.05) is 7.11 Å². The van der Waals surface area contributed by atoms with Crippen LogP contribution in [-0.4, -0.2) is 18.7 Å². The molecule has 1 aliphatic rings. The number of rotatable bonds is 9. The van der Waals surface area contributed by atoms with Gasteiger partial charge in [-0.15, -0.1) is 0 Å². The smallest absolute Gasteiger partial charge is 0.225 e. The molecule has 0 fully saturated rings. The zero-order valence-electron chi connectivity index (χ0n) is 13.3. The lowest BCUT2D eigenvalue weighted by Crippen LogP contribution is -2.22. The molecule has 0 N–H and O–H groups in total. The minimum absolute atomic E-state index is 0.135. The predicted octanol–water partition coefficient (Wildman–Crippen LogP) is 4.85. The number of allylic oxidation sites excluding steroid dienone is 3. The maximum Gasteiger partial charge on any atom is 0.225 e. The zero-order chi connectivity index (χ0) is 15.8. The molecule has 3 nitrogen and oxygen atoms in total. The van der Waals surface area contributed by atoms with E-state index >= 15 is 0 Å². The summed E-state index contributed by atoms with van der Waals surface area (Å²) in [4.78, 5) is 24.4. The normalized spacial score (nSPS) is 16.0. The second-order valence-corrected chi connectivity index (χ2v) is 6.27. The molecular weight excluding hydrogens is 332 g/mol. The topological polar surface area (TPSA) is 43.4 Å². The summed E-state index contributed by atoms with van der Waals surface area (Å²) < 4.78 is 5.31. The van der Waals surface area contributed by atoms with Crippen molar-refractivity contribution in [3.05, 3.63) is 21.4 Å². The molecule has 1 rings (SSSR count). The van der Waals surface area contributed by atoms with Gasteiger partial charge in [0.15, 0.2) is 11.5 Å². The molecule has 0 aromatic rings. The second-order valence-electron chi connectivity index (χ2n) is 5.48. The molecule has 0 radical (unpaired) electrons. The first-order valence-electron chi connectivity index (χ1n) is 7.77. The lowest BCUT2D eigenvalue weighted by atomic mass is 9.90. The van der Waals surface area contributed by atoms with E-state index in [2.05, 4.69) is 22.9 Å². The maximum atomic E-state index is 12.3. The van der Waals surface area contributed by atoms with Crippen molar-refractivity contribution in [2.24, 2.45) is 0 Å². The first-order chi connectivity index (χ1) is 10.0. The molecule has 1 aliphatic carbocycles. The number of methoxy groups -OCH3 is 1. The van der Waals surface area contributed by atoms with E-state index in [9.17, 15) is 9.59 Å². The third kappa shape index (κ3) is 4.80. The largest absolute Gasteiger partial charge is 0.491 e. The van der Waals surface area contributed by atoms with Crippen molar-refractivity contribution in [3.8, 4) is 0 Å². The van der Waals surface area contributed by atoms with E-state index in [1.165, 1.54) is 39.2 Å². The summed E-state index contributed by atoms with van der Waals surface area (Å²) in [5.74, 6) is -0.139. The van der Waals surface area contributed by atoms with E-state index in [1.54, 1.807) is 6.92 Å². The van der Waals surface area contributed by atoms with Gasteiger partial charge in [0.25, 0.3) is 0 Å². The van der Waals surface area contributed by atoms with Gasteiger partial charge in [-0.3, -0.25) is 9.59 Å². The Hall–Kier alpha value is -0.900. The number of carbonyl (C=O) groups is 2. The fourth-order valence-corrected chi connectivity index (χ4v) is 3.19.